The molecule has 0 amide bonds. The smallest absolute Gasteiger partial charge is 0.0924 e. The summed E-state index contributed by atoms with van der Waals surface area (Å²) in [4.78, 5) is 7.13. The fraction of sp³-hybridized carbons (Fsp3) is 0.357. The molecule has 1 aromatic heterocycles. The molecule has 1 heterocycles. The Balaban J connectivity index is 1.62. The molecule has 94 valence electrons. The fourth-order valence-electron chi connectivity index (χ4n) is 2.27. The van der Waals surface area contributed by atoms with Crippen molar-refractivity contribution in [3.05, 3.63) is 36.8 Å². The third-order valence-corrected chi connectivity index (χ3v) is 3.49. The number of H-pyrrole nitrogens is 1. The van der Waals surface area contributed by atoms with Gasteiger partial charge in [-0.25, -0.2) is 4.98 Å². The third kappa shape index (κ3) is 2.24. The van der Waals surface area contributed by atoms with E-state index in [0.29, 0.717) is 12.1 Å². The quantitative estimate of drug-likeness (QED) is 0.868. The molecule has 0 atom stereocenters. The van der Waals surface area contributed by atoms with E-state index < -0.39 is 0 Å². The molecule has 3 rings (SSSR count). The maximum Gasteiger partial charge on any atom is 0.0924 e. The summed E-state index contributed by atoms with van der Waals surface area (Å²) < 4.78 is 5.27. The Hall–Kier alpha value is -1.81. The van der Waals surface area contributed by atoms with Crippen LogP contribution in [0.15, 0.2) is 36.8 Å². The number of nitrogens with zero attached hydrogens (tertiary/aromatic N) is 1. The molecule has 0 bridgehead atoms. The number of hydrogen-bond acceptors (Lipinski definition) is 3. The van der Waals surface area contributed by atoms with Gasteiger partial charge in [-0.3, -0.25) is 0 Å². The van der Waals surface area contributed by atoms with Crippen LogP contribution in [0, 0.1) is 0 Å². The Morgan fingerprint density at radius 1 is 1.28 bits per heavy atom. The van der Waals surface area contributed by atoms with Crippen molar-refractivity contribution < 1.29 is 4.74 Å². The predicted molar refractivity (Wildman–Crippen MR) is 71.5 cm³/mol. The van der Waals surface area contributed by atoms with E-state index in [4.69, 9.17) is 4.74 Å². The van der Waals surface area contributed by atoms with Crippen molar-refractivity contribution >= 4 is 5.69 Å². The van der Waals surface area contributed by atoms with Crippen molar-refractivity contribution in [3.63, 3.8) is 0 Å². The first kappa shape index (κ1) is 11.3. The van der Waals surface area contributed by atoms with E-state index in [1.807, 2.05) is 6.20 Å². The van der Waals surface area contributed by atoms with Gasteiger partial charge < -0.3 is 15.0 Å². The van der Waals surface area contributed by atoms with Crippen LogP contribution in [0.4, 0.5) is 5.69 Å². The van der Waals surface area contributed by atoms with Gasteiger partial charge in [0.15, 0.2) is 0 Å². The first-order valence-electron chi connectivity index (χ1n) is 6.23. The van der Waals surface area contributed by atoms with Crippen molar-refractivity contribution in [2.45, 2.75) is 25.0 Å². The molecular formula is C14H17N3O. The number of benzene rings is 1. The van der Waals surface area contributed by atoms with Gasteiger partial charge in [0.2, 0.25) is 0 Å². The monoisotopic (exact) mass is 243 g/mol. The Labute approximate surface area is 106 Å². The minimum atomic E-state index is 0.437. The lowest BCUT2D eigenvalue weighted by atomic mass is 9.89. The lowest BCUT2D eigenvalue weighted by molar-refractivity contribution is 0.0329. The second-order valence-corrected chi connectivity index (χ2v) is 4.71. The zero-order valence-corrected chi connectivity index (χ0v) is 10.4. The average molecular weight is 243 g/mol. The standard InChI is InChI=1S/C14H17N3O/c1-18-13-6-12(7-13)17-11-4-2-10(3-5-11)14-8-15-9-16-14/h2-5,8-9,12-13,17H,6-7H2,1H3,(H,15,16). The van der Waals surface area contributed by atoms with Crippen molar-refractivity contribution in [3.8, 4) is 11.3 Å². The summed E-state index contributed by atoms with van der Waals surface area (Å²) in [5, 5.41) is 3.51. The Bertz CT molecular complexity index is 486. The maximum absolute atomic E-state index is 5.27. The van der Waals surface area contributed by atoms with Crippen LogP contribution in [0.5, 0.6) is 0 Å². The maximum atomic E-state index is 5.27. The summed E-state index contributed by atoms with van der Waals surface area (Å²) >= 11 is 0. The van der Waals surface area contributed by atoms with Crippen LogP contribution in [0.2, 0.25) is 0 Å². The lowest BCUT2D eigenvalue weighted by Crippen LogP contribution is -2.40. The molecule has 0 spiro atoms. The highest BCUT2D eigenvalue weighted by Gasteiger charge is 2.28. The van der Waals surface area contributed by atoms with E-state index in [0.717, 1.165) is 29.8 Å². The molecule has 1 fully saturated rings. The Kier molecular flexibility index (Phi) is 3.02. The summed E-state index contributed by atoms with van der Waals surface area (Å²) in [7, 11) is 1.78. The molecule has 0 saturated heterocycles. The highest BCUT2D eigenvalue weighted by Crippen LogP contribution is 2.27. The molecular weight excluding hydrogens is 226 g/mol. The van der Waals surface area contributed by atoms with Crippen LogP contribution in [-0.4, -0.2) is 29.2 Å². The van der Waals surface area contributed by atoms with Crippen LogP contribution in [0.3, 0.4) is 0 Å². The Morgan fingerprint density at radius 3 is 2.67 bits per heavy atom. The van der Waals surface area contributed by atoms with Crippen molar-refractivity contribution in [2.75, 3.05) is 12.4 Å². The van der Waals surface area contributed by atoms with Crippen LogP contribution >= 0.6 is 0 Å². The average Bonchev–Trinajstić information content (AvgIpc) is 2.88. The van der Waals surface area contributed by atoms with E-state index in [1.165, 1.54) is 0 Å². The third-order valence-electron chi connectivity index (χ3n) is 3.49. The van der Waals surface area contributed by atoms with E-state index in [9.17, 15) is 0 Å². The van der Waals surface area contributed by atoms with Gasteiger partial charge in [-0.05, 0) is 30.5 Å². The van der Waals surface area contributed by atoms with Gasteiger partial charge in [-0.1, -0.05) is 12.1 Å². The zero-order chi connectivity index (χ0) is 12.4. The number of methoxy groups -OCH3 is 1. The lowest BCUT2D eigenvalue weighted by Gasteiger charge is -2.35. The van der Waals surface area contributed by atoms with Crippen LogP contribution in [-0.2, 0) is 4.74 Å². The molecule has 0 unspecified atom stereocenters. The van der Waals surface area contributed by atoms with Crippen LogP contribution < -0.4 is 5.32 Å². The summed E-state index contributed by atoms with van der Waals surface area (Å²) in [5.41, 5.74) is 3.36. The summed E-state index contributed by atoms with van der Waals surface area (Å²) in [6.45, 7) is 0. The molecule has 2 N–H and O–H groups in total. The second-order valence-electron chi connectivity index (χ2n) is 4.71. The zero-order valence-electron chi connectivity index (χ0n) is 10.4. The largest absolute Gasteiger partial charge is 0.382 e. The molecule has 1 aliphatic carbocycles. The molecule has 18 heavy (non-hydrogen) atoms. The topological polar surface area (TPSA) is 49.9 Å². The molecule has 1 aliphatic rings. The number of rotatable bonds is 4. The highest BCUT2D eigenvalue weighted by atomic mass is 16.5. The van der Waals surface area contributed by atoms with Gasteiger partial charge in [0.05, 0.1) is 24.3 Å². The minimum absolute atomic E-state index is 0.437. The number of nitrogens with one attached hydrogen (secondary N) is 2. The number of hydrogen-bond donors (Lipinski definition) is 2. The molecule has 4 heteroatoms. The van der Waals surface area contributed by atoms with Crippen LogP contribution in [0.25, 0.3) is 11.3 Å². The molecule has 4 nitrogen and oxygen atoms in total. The summed E-state index contributed by atoms with van der Waals surface area (Å²) in [5.74, 6) is 0. The summed E-state index contributed by atoms with van der Waals surface area (Å²) in [6.07, 6.45) is 6.15. The number of anilines is 1. The molecule has 0 aliphatic heterocycles. The van der Waals surface area contributed by atoms with Gasteiger partial charge in [-0.2, -0.15) is 0 Å². The fourth-order valence-corrected chi connectivity index (χ4v) is 2.27. The van der Waals surface area contributed by atoms with Crippen LogP contribution in [0.1, 0.15) is 12.8 Å². The predicted octanol–water partition coefficient (Wildman–Crippen LogP) is 2.67. The Morgan fingerprint density at radius 2 is 2.06 bits per heavy atom. The second kappa shape index (κ2) is 4.82. The van der Waals surface area contributed by atoms with Crippen molar-refractivity contribution in [1.82, 2.24) is 9.97 Å². The SMILES string of the molecule is COC1CC(Nc2ccc(-c3cnc[nH]3)cc2)C1. The van der Waals surface area contributed by atoms with E-state index in [1.54, 1.807) is 13.4 Å². The minimum Gasteiger partial charge on any atom is -0.382 e. The van der Waals surface area contributed by atoms with Gasteiger partial charge in [0, 0.05) is 18.8 Å². The van der Waals surface area contributed by atoms with E-state index in [-0.39, 0.29) is 0 Å². The van der Waals surface area contributed by atoms with E-state index >= 15 is 0 Å². The van der Waals surface area contributed by atoms with E-state index in [2.05, 4.69) is 39.6 Å². The molecule has 0 radical (unpaired) electrons. The molecule has 1 saturated carbocycles. The molecule has 1 aromatic carbocycles. The van der Waals surface area contributed by atoms with Gasteiger partial charge in [0.25, 0.3) is 0 Å². The first-order valence-corrected chi connectivity index (χ1v) is 6.23. The first-order chi connectivity index (χ1) is 8.85. The van der Waals surface area contributed by atoms with Gasteiger partial charge >= 0.3 is 0 Å². The summed E-state index contributed by atoms with van der Waals surface area (Å²) in [6, 6.07) is 8.96. The van der Waals surface area contributed by atoms with Gasteiger partial charge in [-0.15, -0.1) is 0 Å². The van der Waals surface area contributed by atoms with Crippen molar-refractivity contribution in [2.24, 2.45) is 0 Å². The highest BCUT2D eigenvalue weighted by molar-refractivity contribution is 5.62. The number of aromatic nitrogens is 2. The normalized spacial score (nSPS) is 22.5. The van der Waals surface area contributed by atoms with Crippen molar-refractivity contribution in [1.29, 1.82) is 0 Å². The number of aromatic amines is 1. The number of ether oxygens (including phenoxy) is 1. The number of imidazole rings is 1. The van der Waals surface area contributed by atoms with Gasteiger partial charge in [0.1, 0.15) is 0 Å². The molecule has 2 aromatic rings.